The van der Waals surface area contributed by atoms with Gasteiger partial charge in [-0.1, -0.05) is 40.2 Å². The SMILES string of the molecule is Brc1ccc(/C=N/Nc2nc3ccccc3[nH]2)cc1. The molecule has 94 valence electrons. The minimum atomic E-state index is 0.634. The molecule has 0 radical (unpaired) electrons. The number of para-hydroxylation sites is 2. The van der Waals surface area contributed by atoms with Crippen LogP contribution in [0.15, 0.2) is 58.1 Å². The Morgan fingerprint density at radius 1 is 1.11 bits per heavy atom. The van der Waals surface area contributed by atoms with Crippen molar-refractivity contribution in [2.45, 2.75) is 0 Å². The molecule has 1 aromatic heterocycles. The van der Waals surface area contributed by atoms with Crippen LogP contribution in [-0.4, -0.2) is 16.2 Å². The Labute approximate surface area is 118 Å². The number of nitrogens with zero attached hydrogens (tertiary/aromatic N) is 2. The Morgan fingerprint density at radius 3 is 2.68 bits per heavy atom. The van der Waals surface area contributed by atoms with E-state index in [9.17, 15) is 0 Å². The second-order valence-electron chi connectivity index (χ2n) is 4.02. The van der Waals surface area contributed by atoms with Gasteiger partial charge in [0.15, 0.2) is 0 Å². The van der Waals surface area contributed by atoms with Crippen LogP contribution in [0.4, 0.5) is 5.95 Å². The van der Waals surface area contributed by atoms with Crippen molar-refractivity contribution in [3.63, 3.8) is 0 Å². The number of hydrogen-bond donors (Lipinski definition) is 2. The number of fused-ring (bicyclic) bond motifs is 1. The summed E-state index contributed by atoms with van der Waals surface area (Å²) in [7, 11) is 0. The summed E-state index contributed by atoms with van der Waals surface area (Å²) < 4.78 is 1.05. The normalized spacial score (nSPS) is 11.2. The predicted octanol–water partition coefficient (Wildman–Crippen LogP) is 3.77. The van der Waals surface area contributed by atoms with Crippen molar-refractivity contribution < 1.29 is 0 Å². The number of halogens is 1. The number of benzene rings is 2. The molecule has 0 saturated heterocycles. The first-order valence-electron chi connectivity index (χ1n) is 5.81. The maximum absolute atomic E-state index is 4.37. The van der Waals surface area contributed by atoms with Crippen LogP contribution in [0.3, 0.4) is 0 Å². The van der Waals surface area contributed by atoms with Gasteiger partial charge in [-0.05, 0) is 29.8 Å². The second-order valence-corrected chi connectivity index (χ2v) is 4.94. The summed E-state index contributed by atoms with van der Waals surface area (Å²) in [5, 5.41) is 4.15. The molecule has 5 heteroatoms. The molecular weight excluding hydrogens is 304 g/mol. The fourth-order valence-electron chi connectivity index (χ4n) is 1.72. The highest BCUT2D eigenvalue weighted by Gasteiger charge is 1.99. The van der Waals surface area contributed by atoms with Gasteiger partial charge < -0.3 is 4.98 Å². The highest BCUT2D eigenvalue weighted by Crippen LogP contribution is 2.13. The lowest BCUT2D eigenvalue weighted by atomic mass is 10.2. The van der Waals surface area contributed by atoms with Crippen LogP contribution < -0.4 is 5.43 Å². The average Bonchev–Trinajstić information content (AvgIpc) is 2.83. The third-order valence-electron chi connectivity index (χ3n) is 2.64. The van der Waals surface area contributed by atoms with E-state index in [0.29, 0.717) is 5.95 Å². The van der Waals surface area contributed by atoms with Crippen molar-refractivity contribution in [2.75, 3.05) is 5.43 Å². The van der Waals surface area contributed by atoms with Gasteiger partial charge in [0.05, 0.1) is 17.2 Å². The number of rotatable bonds is 3. The molecule has 0 atom stereocenters. The van der Waals surface area contributed by atoms with Crippen LogP contribution in [-0.2, 0) is 0 Å². The molecular formula is C14H11BrN4. The molecule has 0 fully saturated rings. The number of aromatic nitrogens is 2. The molecule has 3 aromatic rings. The van der Waals surface area contributed by atoms with Crippen LogP contribution in [0.25, 0.3) is 11.0 Å². The third kappa shape index (κ3) is 2.82. The highest BCUT2D eigenvalue weighted by atomic mass is 79.9. The van der Waals surface area contributed by atoms with Gasteiger partial charge in [0, 0.05) is 4.47 Å². The van der Waals surface area contributed by atoms with Crippen molar-refractivity contribution in [3.05, 3.63) is 58.6 Å². The van der Waals surface area contributed by atoms with E-state index in [-0.39, 0.29) is 0 Å². The maximum Gasteiger partial charge on any atom is 0.222 e. The molecule has 0 aliphatic heterocycles. The maximum atomic E-state index is 4.37. The summed E-state index contributed by atoms with van der Waals surface area (Å²) in [6.07, 6.45) is 1.75. The van der Waals surface area contributed by atoms with Gasteiger partial charge in [0.2, 0.25) is 5.95 Å². The number of imidazole rings is 1. The summed E-state index contributed by atoms with van der Waals surface area (Å²) in [5.41, 5.74) is 5.82. The van der Waals surface area contributed by atoms with Crippen molar-refractivity contribution in [1.29, 1.82) is 0 Å². The van der Waals surface area contributed by atoms with Crippen LogP contribution in [0, 0.1) is 0 Å². The Hall–Kier alpha value is -2.14. The fourth-order valence-corrected chi connectivity index (χ4v) is 1.99. The Kier molecular flexibility index (Phi) is 3.29. The van der Waals surface area contributed by atoms with Crippen LogP contribution >= 0.6 is 15.9 Å². The zero-order chi connectivity index (χ0) is 13.1. The summed E-state index contributed by atoms with van der Waals surface area (Å²) in [6, 6.07) is 15.8. The first-order valence-corrected chi connectivity index (χ1v) is 6.60. The van der Waals surface area contributed by atoms with E-state index < -0.39 is 0 Å². The summed E-state index contributed by atoms with van der Waals surface area (Å²) in [4.78, 5) is 7.52. The number of nitrogens with one attached hydrogen (secondary N) is 2. The van der Waals surface area contributed by atoms with Gasteiger partial charge >= 0.3 is 0 Å². The largest absolute Gasteiger partial charge is 0.323 e. The Balaban J connectivity index is 1.73. The first-order chi connectivity index (χ1) is 9.31. The molecule has 0 saturated carbocycles. The number of hydrazone groups is 1. The van der Waals surface area contributed by atoms with E-state index in [0.717, 1.165) is 21.1 Å². The van der Waals surface area contributed by atoms with E-state index in [2.05, 4.69) is 36.4 Å². The van der Waals surface area contributed by atoms with Crippen LogP contribution in [0.1, 0.15) is 5.56 Å². The summed E-state index contributed by atoms with van der Waals surface area (Å²) >= 11 is 3.39. The zero-order valence-corrected chi connectivity index (χ0v) is 11.6. The first kappa shape index (κ1) is 11.9. The molecule has 0 aliphatic carbocycles. The topological polar surface area (TPSA) is 53.1 Å². The standard InChI is InChI=1S/C14H11BrN4/c15-11-7-5-10(6-8-11)9-16-19-14-17-12-3-1-2-4-13(12)18-14/h1-9H,(H2,17,18,19)/b16-9+. The van der Waals surface area contributed by atoms with Crippen molar-refractivity contribution in [1.82, 2.24) is 9.97 Å². The molecule has 2 aromatic carbocycles. The molecule has 0 aliphatic rings. The van der Waals surface area contributed by atoms with E-state index in [1.807, 2.05) is 48.5 Å². The number of anilines is 1. The van der Waals surface area contributed by atoms with Crippen molar-refractivity contribution >= 4 is 39.1 Å². The number of aromatic amines is 1. The molecule has 3 rings (SSSR count). The smallest absolute Gasteiger partial charge is 0.222 e. The lowest BCUT2D eigenvalue weighted by molar-refractivity contribution is 1.21. The van der Waals surface area contributed by atoms with Crippen molar-refractivity contribution in [3.8, 4) is 0 Å². The summed E-state index contributed by atoms with van der Waals surface area (Å²) in [5.74, 6) is 0.634. The lowest BCUT2D eigenvalue weighted by Gasteiger charge is -1.94. The van der Waals surface area contributed by atoms with Gasteiger partial charge in [-0.25, -0.2) is 10.4 Å². The van der Waals surface area contributed by atoms with E-state index in [1.54, 1.807) is 6.21 Å². The zero-order valence-electron chi connectivity index (χ0n) is 9.97. The quantitative estimate of drug-likeness (QED) is 0.571. The predicted molar refractivity (Wildman–Crippen MR) is 81.5 cm³/mol. The van der Waals surface area contributed by atoms with Crippen LogP contribution in [0.2, 0.25) is 0 Å². The van der Waals surface area contributed by atoms with E-state index >= 15 is 0 Å². The van der Waals surface area contributed by atoms with Gasteiger partial charge in [0.1, 0.15) is 0 Å². The van der Waals surface area contributed by atoms with E-state index in [4.69, 9.17) is 0 Å². The van der Waals surface area contributed by atoms with E-state index in [1.165, 1.54) is 0 Å². The summed E-state index contributed by atoms with van der Waals surface area (Å²) in [6.45, 7) is 0. The molecule has 2 N–H and O–H groups in total. The number of hydrogen-bond acceptors (Lipinski definition) is 3. The minimum absolute atomic E-state index is 0.634. The van der Waals surface area contributed by atoms with Gasteiger partial charge in [-0.2, -0.15) is 5.10 Å². The molecule has 4 nitrogen and oxygen atoms in total. The Bertz CT molecular complexity index is 683. The molecule has 0 spiro atoms. The highest BCUT2D eigenvalue weighted by molar-refractivity contribution is 9.10. The monoisotopic (exact) mass is 314 g/mol. The average molecular weight is 315 g/mol. The molecule has 19 heavy (non-hydrogen) atoms. The van der Waals surface area contributed by atoms with Gasteiger partial charge in [-0.15, -0.1) is 0 Å². The fraction of sp³-hybridized carbons (Fsp3) is 0. The minimum Gasteiger partial charge on any atom is -0.323 e. The second kappa shape index (κ2) is 5.24. The number of H-pyrrole nitrogens is 1. The lowest BCUT2D eigenvalue weighted by Crippen LogP contribution is -1.92. The molecule has 0 amide bonds. The van der Waals surface area contributed by atoms with Gasteiger partial charge in [-0.3, -0.25) is 0 Å². The third-order valence-corrected chi connectivity index (χ3v) is 3.17. The molecule has 0 bridgehead atoms. The van der Waals surface area contributed by atoms with Crippen LogP contribution in [0.5, 0.6) is 0 Å². The molecule has 1 heterocycles. The Morgan fingerprint density at radius 2 is 1.89 bits per heavy atom. The molecule has 0 unspecified atom stereocenters. The van der Waals surface area contributed by atoms with Crippen molar-refractivity contribution in [2.24, 2.45) is 5.10 Å². The van der Waals surface area contributed by atoms with Gasteiger partial charge in [0.25, 0.3) is 0 Å².